The average Bonchev–Trinajstić information content (AvgIpc) is 2.62. The number of anilines is 1. The summed E-state index contributed by atoms with van der Waals surface area (Å²) in [5.41, 5.74) is 1.07. The molecule has 26 heavy (non-hydrogen) atoms. The van der Waals surface area contributed by atoms with Gasteiger partial charge in [0, 0.05) is 25.7 Å². The average molecular weight is 375 g/mol. The molecule has 0 aliphatic carbocycles. The van der Waals surface area contributed by atoms with E-state index in [4.69, 9.17) is 5.26 Å². The summed E-state index contributed by atoms with van der Waals surface area (Å²) < 4.78 is 38.7. The number of benzene rings is 2. The number of nitrogens with zero attached hydrogens (tertiary/aromatic N) is 2. The van der Waals surface area contributed by atoms with Crippen LogP contribution in [-0.4, -0.2) is 32.2 Å². The van der Waals surface area contributed by atoms with Crippen LogP contribution >= 0.6 is 0 Å². The number of carbonyl (C=O) groups is 1. The van der Waals surface area contributed by atoms with Gasteiger partial charge in [-0.2, -0.15) is 5.26 Å². The molecule has 2 aromatic carbocycles. The van der Waals surface area contributed by atoms with Crippen LogP contribution in [0.25, 0.3) is 0 Å². The second kappa shape index (κ2) is 8.56. The highest BCUT2D eigenvalue weighted by Gasteiger charge is 2.20. The first-order valence-corrected chi connectivity index (χ1v) is 9.29. The van der Waals surface area contributed by atoms with Gasteiger partial charge in [0.25, 0.3) is 0 Å². The van der Waals surface area contributed by atoms with Crippen molar-refractivity contribution in [3.63, 3.8) is 0 Å². The molecule has 0 saturated carbocycles. The van der Waals surface area contributed by atoms with Crippen molar-refractivity contribution in [3.05, 3.63) is 59.9 Å². The van der Waals surface area contributed by atoms with E-state index >= 15 is 0 Å². The standard InChI is InChI=1S/C18H18FN3O3S/c1-22(26(24,25)17-10-6-15(19)7-11-17)12-2-3-18(23)21-16-8-4-14(13-20)5-9-16/h4-11H,2-3,12H2,1H3,(H,21,23). The topological polar surface area (TPSA) is 90.3 Å². The van der Waals surface area contributed by atoms with Crippen LogP contribution in [0.4, 0.5) is 10.1 Å². The van der Waals surface area contributed by atoms with Crippen LogP contribution in [0.15, 0.2) is 53.4 Å². The Kier molecular flexibility index (Phi) is 6.44. The van der Waals surface area contributed by atoms with E-state index < -0.39 is 15.8 Å². The Balaban J connectivity index is 1.85. The van der Waals surface area contributed by atoms with Crippen molar-refractivity contribution in [2.24, 2.45) is 0 Å². The highest BCUT2D eigenvalue weighted by Crippen LogP contribution is 2.15. The van der Waals surface area contributed by atoms with Crippen molar-refractivity contribution in [2.45, 2.75) is 17.7 Å². The lowest BCUT2D eigenvalue weighted by molar-refractivity contribution is -0.116. The van der Waals surface area contributed by atoms with E-state index in [1.165, 1.54) is 19.2 Å². The number of halogens is 1. The summed E-state index contributed by atoms with van der Waals surface area (Å²) in [6, 6.07) is 13.0. The van der Waals surface area contributed by atoms with Crippen molar-refractivity contribution in [3.8, 4) is 6.07 Å². The van der Waals surface area contributed by atoms with Crippen molar-refractivity contribution in [1.82, 2.24) is 4.31 Å². The number of nitriles is 1. The van der Waals surface area contributed by atoms with Gasteiger partial charge in [-0.1, -0.05) is 0 Å². The molecule has 0 saturated heterocycles. The Bertz CT molecular complexity index is 904. The number of sulfonamides is 1. The molecular weight excluding hydrogens is 357 g/mol. The predicted molar refractivity (Wildman–Crippen MR) is 95.2 cm³/mol. The molecule has 6 nitrogen and oxygen atoms in total. The van der Waals surface area contributed by atoms with Crippen LogP contribution in [-0.2, 0) is 14.8 Å². The zero-order chi connectivity index (χ0) is 19.2. The molecular formula is C18H18FN3O3S. The molecule has 0 heterocycles. The summed E-state index contributed by atoms with van der Waals surface area (Å²) in [7, 11) is -2.30. The zero-order valence-corrected chi connectivity index (χ0v) is 15.0. The maximum atomic E-state index is 12.9. The van der Waals surface area contributed by atoms with Crippen LogP contribution in [0, 0.1) is 17.1 Å². The smallest absolute Gasteiger partial charge is 0.242 e. The Morgan fingerprint density at radius 3 is 2.35 bits per heavy atom. The lowest BCUT2D eigenvalue weighted by atomic mass is 10.2. The quantitative estimate of drug-likeness (QED) is 0.806. The first-order chi connectivity index (χ1) is 12.3. The number of nitrogens with one attached hydrogen (secondary N) is 1. The summed E-state index contributed by atoms with van der Waals surface area (Å²) in [5.74, 6) is -0.756. The SMILES string of the molecule is CN(CCCC(=O)Nc1ccc(C#N)cc1)S(=O)(=O)c1ccc(F)cc1. The van der Waals surface area contributed by atoms with Crippen molar-refractivity contribution in [1.29, 1.82) is 5.26 Å². The lowest BCUT2D eigenvalue weighted by Crippen LogP contribution is -2.28. The Hall–Kier alpha value is -2.76. The monoisotopic (exact) mass is 375 g/mol. The summed E-state index contributed by atoms with van der Waals surface area (Å²) in [4.78, 5) is 11.9. The number of hydrogen-bond donors (Lipinski definition) is 1. The van der Waals surface area contributed by atoms with Gasteiger partial charge in [0.2, 0.25) is 15.9 Å². The first-order valence-electron chi connectivity index (χ1n) is 7.85. The van der Waals surface area contributed by atoms with E-state index in [0.29, 0.717) is 17.7 Å². The van der Waals surface area contributed by atoms with E-state index in [0.717, 1.165) is 16.4 Å². The van der Waals surface area contributed by atoms with Crippen LogP contribution in [0.3, 0.4) is 0 Å². The van der Waals surface area contributed by atoms with E-state index in [9.17, 15) is 17.6 Å². The van der Waals surface area contributed by atoms with E-state index in [1.54, 1.807) is 24.3 Å². The number of rotatable bonds is 7. The lowest BCUT2D eigenvalue weighted by Gasteiger charge is -2.17. The van der Waals surface area contributed by atoms with Gasteiger partial charge in [0.1, 0.15) is 5.82 Å². The van der Waals surface area contributed by atoms with Gasteiger partial charge in [-0.25, -0.2) is 17.1 Å². The fourth-order valence-corrected chi connectivity index (χ4v) is 3.43. The number of carbonyl (C=O) groups excluding carboxylic acids is 1. The van der Waals surface area contributed by atoms with Gasteiger partial charge in [0.05, 0.1) is 16.5 Å². The Morgan fingerprint density at radius 2 is 1.77 bits per heavy atom. The van der Waals surface area contributed by atoms with Crippen LogP contribution in [0.5, 0.6) is 0 Å². The molecule has 0 atom stereocenters. The van der Waals surface area contributed by atoms with Crippen LogP contribution < -0.4 is 5.32 Å². The highest BCUT2D eigenvalue weighted by molar-refractivity contribution is 7.89. The van der Waals surface area contributed by atoms with Crippen LogP contribution in [0.1, 0.15) is 18.4 Å². The largest absolute Gasteiger partial charge is 0.326 e. The number of amides is 1. The molecule has 0 radical (unpaired) electrons. The first kappa shape index (κ1) is 19.6. The van der Waals surface area contributed by atoms with E-state index in [1.807, 2.05) is 6.07 Å². The van der Waals surface area contributed by atoms with Gasteiger partial charge in [-0.05, 0) is 55.0 Å². The summed E-state index contributed by atoms with van der Waals surface area (Å²) in [6.45, 7) is 0.153. The minimum absolute atomic E-state index is 0.00318. The Labute approximate surface area is 151 Å². The van der Waals surface area contributed by atoms with Crippen LogP contribution in [0.2, 0.25) is 0 Å². The van der Waals surface area contributed by atoms with Crippen molar-refractivity contribution in [2.75, 3.05) is 18.9 Å². The molecule has 0 spiro atoms. The molecule has 0 aliphatic rings. The predicted octanol–water partition coefficient (Wildman–Crippen LogP) is 2.74. The highest BCUT2D eigenvalue weighted by atomic mass is 32.2. The molecule has 0 unspecified atom stereocenters. The summed E-state index contributed by atoms with van der Waals surface area (Å²) in [6.07, 6.45) is 0.475. The summed E-state index contributed by atoms with van der Waals surface area (Å²) in [5, 5.41) is 11.4. The molecule has 2 rings (SSSR count). The molecule has 0 fully saturated rings. The molecule has 1 N–H and O–H groups in total. The third-order valence-corrected chi connectivity index (χ3v) is 5.57. The fraction of sp³-hybridized carbons (Fsp3) is 0.222. The fourth-order valence-electron chi connectivity index (χ4n) is 2.22. The molecule has 136 valence electrons. The van der Waals surface area contributed by atoms with Gasteiger partial charge in [-0.3, -0.25) is 4.79 Å². The molecule has 8 heteroatoms. The minimum Gasteiger partial charge on any atom is -0.326 e. The molecule has 2 aromatic rings. The third-order valence-electron chi connectivity index (χ3n) is 3.70. The molecule has 1 amide bonds. The van der Waals surface area contributed by atoms with E-state index in [2.05, 4.69) is 5.32 Å². The van der Waals surface area contributed by atoms with Gasteiger partial charge in [-0.15, -0.1) is 0 Å². The van der Waals surface area contributed by atoms with E-state index in [-0.39, 0.29) is 23.8 Å². The molecule has 0 aliphatic heterocycles. The maximum absolute atomic E-state index is 12.9. The van der Waals surface area contributed by atoms with Gasteiger partial charge >= 0.3 is 0 Å². The van der Waals surface area contributed by atoms with Gasteiger partial charge in [0.15, 0.2) is 0 Å². The Morgan fingerprint density at radius 1 is 1.15 bits per heavy atom. The molecule has 0 bridgehead atoms. The van der Waals surface area contributed by atoms with Crippen molar-refractivity contribution >= 4 is 21.6 Å². The second-order valence-corrected chi connectivity index (χ2v) is 7.67. The minimum atomic E-state index is -3.72. The normalized spacial score (nSPS) is 11.2. The maximum Gasteiger partial charge on any atom is 0.242 e. The number of hydrogen-bond acceptors (Lipinski definition) is 4. The zero-order valence-electron chi connectivity index (χ0n) is 14.1. The molecule has 0 aromatic heterocycles. The second-order valence-electron chi connectivity index (χ2n) is 5.62. The summed E-state index contributed by atoms with van der Waals surface area (Å²) >= 11 is 0. The van der Waals surface area contributed by atoms with Gasteiger partial charge < -0.3 is 5.32 Å². The van der Waals surface area contributed by atoms with Crippen molar-refractivity contribution < 1.29 is 17.6 Å². The third kappa shape index (κ3) is 5.12.